The third kappa shape index (κ3) is 3.64. The summed E-state index contributed by atoms with van der Waals surface area (Å²) < 4.78 is 6.06. The predicted molar refractivity (Wildman–Crippen MR) is 89.1 cm³/mol. The van der Waals surface area contributed by atoms with Gasteiger partial charge in [0.25, 0.3) is 0 Å². The SMILES string of the molecule is CN(C1CCCCC1)[C@@H]1CCC[C@H](Oc2ccccc2)[C@H]1O. The van der Waals surface area contributed by atoms with E-state index in [1.807, 2.05) is 30.3 Å². The highest BCUT2D eigenvalue weighted by molar-refractivity contribution is 5.21. The second kappa shape index (κ2) is 7.47. The zero-order chi connectivity index (χ0) is 15.4. The number of hydrogen-bond donors (Lipinski definition) is 1. The first kappa shape index (κ1) is 15.8. The molecule has 1 N–H and O–H groups in total. The molecule has 0 aliphatic heterocycles. The van der Waals surface area contributed by atoms with Gasteiger partial charge in [-0.3, -0.25) is 4.90 Å². The van der Waals surface area contributed by atoms with Crippen molar-refractivity contribution in [2.75, 3.05) is 7.05 Å². The third-order valence-corrected chi connectivity index (χ3v) is 5.47. The first-order chi connectivity index (χ1) is 10.8. The fraction of sp³-hybridized carbons (Fsp3) is 0.684. The summed E-state index contributed by atoms with van der Waals surface area (Å²) in [5, 5.41) is 10.8. The molecule has 3 atom stereocenters. The van der Waals surface area contributed by atoms with Crippen LogP contribution in [0.3, 0.4) is 0 Å². The van der Waals surface area contributed by atoms with Crippen molar-refractivity contribution in [3.63, 3.8) is 0 Å². The van der Waals surface area contributed by atoms with Crippen molar-refractivity contribution in [2.45, 2.75) is 75.7 Å². The lowest BCUT2D eigenvalue weighted by molar-refractivity contribution is -0.0602. The lowest BCUT2D eigenvalue weighted by atomic mass is 9.86. The molecule has 0 spiro atoms. The normalized spacial score (nSPS) is 30.4. The minimum absolute atomic E-state index is 0.0767. The Kier molecular flexibility index (Phi) is 5.37. The van der Waals surface area contributed by atoms with Gasteiger partial charge < -0.3 is 9.84 Å². The molecule has 3 nitrogen and oxygen atoms in total. The quantitative estimate of drug-likeness (QED) is 0.922. The molecule has 0 heterocycles. The minimum Gasteiger partial charge on any atom is -0.488 e. The average Bonchev–Trinajstić information content (AvgIpc) is 2.58. The monoisotopic (exact) mass is 303 g/mol. The van der Waals surface area contributed by atoms with Gasteiger partial charge in [0, 0.05) is 12.1 Å². The van der Waals surface area contributed by atoms with E-state index in [0.29, 0.717) is 6.04 Å². The average molecular weight is 303 g/mol. The molecule has 2 aliphatic carbocycles. The second-order valence-electron chi connectivity index (χ2n) is 6.92. The third-order valence-electron chi connectivity index (χ3n) is 5.47. The molecule has 122 valence electrons. The van der Waals surface area contributed by atoms with Gasteiger partial charge in [-0.25, -0.2) is 0 Å². The fourth-order valence-corrected chi connectivity index (χ4v) is 4.12. The predicted octanol–water partition coefficient (Wildman–Crippen LogP) is 3.61. The summed E-state index contributed by atoms with van der Waals surface area (Å²) >= 11 is 0. The zero-order valence-corrected chi connectivity index (χ0v) is 13.7. The molecule has 0 amide bonds. The number of para-hydroxylation sites is 1. The Labute approximate surface area is 134 Å². The van der Waals surface area contributed by atoms with E-state index >= 15 is 0 Å². The molecule has 22 heavy (non-hydrogen) atoms. The molecule has 3 heteroatoms. The van der Waals surface area contributed by atoms with Gasteiger partial charge in [-0.2, -0.15) is 0 Å². The summed E-state index contributed by atoms with van der Waals surface area (Å²) in [4.78, 5) is 2.45. The number of nitrogens with zero attached hydrogens (tertiary/aromatic N) is 1. The molecule has 2 fully saturated rings. The van der Waals surface area contributed by atoms with Crippen molar-refractivity contribution >= 4 is 0 Å². The van der Waals surface area contributed by atoms with Gasteiger partial charge in [-0.15, -0.1) is 0 Å². The van der Waals surface area contributed by atoms with E-state index in [0.717, 1.165) is 25.0 Å². The van der Waals surface area contributed by atoms with Crippen LogP contribution in [0, 0.1) is 0 Å². The molecule has 0 radical (unpaired) electrons. The molecular formula is C19H29NO2. The Morgan fingerprint density at radius 1 is 0.955 bits per heavy atom. The van der Waals surface area contributed by atoms with Gasteiger partial charge in [0.2, 0.25) is 0 Å². The first-order valence-electron chi connectivity index (χ1n) is 8.87. The lowest BCUT2D eigenvalue weighted by Crippen LogP contribution is -2.54. The van der Waals surface area contributed by atoms with Crippen molar-refractivity contribution in [1.29, 1.82) is 0 Å². The highest BCUT2D eigenvalue weighted by atomic mass is 16.5. The smallest absolute Gasteiger partial charge is 0.126 e. The van der Waals surface area contributed by atoms with E-state index in [1.165, 1.54) is 32.1 Å². The maximum atomic E-state index is 10.8. The van der Waals surface area contributed by atoms with Crippen molar-refractivity contribution in [3.05, 3.63) is 30.3 Å². The molecular weight excluding hydrogens is 274 g/mol. The summed E-state index contributed by atoms with van der Waals surface area (Å²) in [6.07, 6.45) is 9.31. The number of aliphatic hydroxyl groups excluding tert-OH is 1. The fourth-order valence-electron chi connectivity index (χ4n) is 4.12. The lowest BCUT2D eigenvalue weighted by Gasteiger charge is -2.43. The molecule has 0 bridgehead atoms. The topological polar surface area (TPSA) is 32.7 Å². The van der Waals surface area contributed by atoms with Gasteiger partial charge in [0.15, 0.2) is 0 Å². The van der Waals surface area contributed by atoms with Crippen LogP contribution in [0.15, 0.2) is 30.3 Å². The number of hydrogen-bond acceptors (Lipinski definition) is 3. The van der Waals surface area contributed by atoms with Gasteiger partial charge in [0.05, 0.1) is 0 Å². The first-order valence-corrected chi connectivity index (χ1v) is 8.87. The van der Waals surface area contributed by atoms with Crippen LogP contribution in [-0.4, -0.2) is 41.3 Å². The molecule has 0 saturated heterocycles. The van der Waals surface area contributed by atoms with E-state index in [1.54, 1.807) is 0 Å². The molecule has 1 aromatic rings. The summed E-state index contributed by atoms with van der Waals surface area (Å²) in [5.74, 6) is 0.868. The Balaban J connectivity index is 1.62. The van der Waals surface area contributed by atoms with Crippen molar-refractivity contribution in [2.24, 2.45) is 0 Å². The molecule has 2 saturated carbocycles. The maximum Gasteiger partial charge on any atom is 0.126 e. The van der Waals surface area contributed by atoms with Crippen molar-refractivity contribution < 1.29 is 9.84 Å². The van der Waals surface area contributed by atoms with E-state index in [9.17, 15) is 5.11 Å². The van der Waals surface area contributed by atoms with Gasteiger partial charge in [0.1, 0.15) is 18.0 Å². The molecule has 3 rings (SSSR count). The minimum atomic E-state index is -0.388. The largest absolute Gasteiger partial charge is 0.488 e. The highest BCUT2D eigenvalue weighted by Crippen LogP contribution is 2.31. The standard InChI is InChI=1S/C19H29NO2/c1-20(15-9-4-2-5-10-15)17-13-8-14-18(19(17)21)22-16-11-6-3-7-12-16/h3,6-7,11-12,15,17-19,21H,2,4-5,8-10,13-14H2,1H3/t17-,18+,19+/m1/s1. The summed E-state index contributed by atoms with van der Waals surface area (Å²) in [6.45, 7) is 0. The van der Waals surface area contributed by atoms with Crippen molar-refractivity contribution in [3.8, 4) is 5.75 Å². The van der Waals surface area contributed by atoms with Crippen LogP contribution in [0.25, 0.3) is 0 Å². The van der Waals surface area contributed by atoms with E-state index in [4.69, 9.17) is 4.74 Å². The summed E-state index contributed by atoms with van der Waals surface area (Å²) in [7, 11) is 2.20. The Morgan fingerprint density at radius 3 is 2.41 bits per heavy atom. The van der Waals surface area contributed by atoms with Crippen LogP contribution in [0.2, 0.25) is 0 Å². The van der Waals surface area contributed by atoms with Crippen LogP contribution in [0.1, 0.15) is 51.4 Å². The van der Waals surface area contributed by atoms with Gasteiger partial charge in [-0.05, 0) is 51.3 Å². The van der Waals surface area contributed by atoms with Crippen LogP contribution >= 0.6 is 0 Å². The van der Waals surface area contributed by atoms with Crippen LogP contribution in [-0.2, 0) is 0 Å². The van der Waals surface area contributed by atoms with Crippen LogP contribution in [0.5, 0.6) is 5.75 Å². The molecule has 0 unspecified atom stereocenters. The number of likely N-dealkylation sites (N-methyl/N-ethyl adjacent to an activating group) is 1. The number of rotatable bonds is 4. The Hall–Kier alpha value is -1.06. The number of ether oxygens (including phenoxy) is 1. The summed E-state index contributed by atoms with van der Waals surface area (Å²) in [6, 6.07) is 10.8. The summed E-state index contributed by atoms with van der Waals surface area (Å²) in [5.41, 5.74) is 0. The Bertz CT molecular complexity index is 444. The van der Waals surface area contributed by atoms with Gasteiger partial charge >= 0.3 is 0 Å². The zero-order valence-electron chi connectivity index (χ0n) is 13.7. The van der Waals surface area contributed by atoms with E-state index in [2.05, 4.69) is 11.9 Å². The van der Waals surface area contributed by atoms with Crippen LogP contribution in [0.4, 0.5) is 0 Å². The van der Waals surface area contributed by atoms with E-state index < -0.39 is 0 Å². The number of aliphatic hydroxyl groups is 1. The Morgan fingerprint density at radius 2 is 1.68 bits per heavy atom. The van der Waals surface area contributed by atoms with Crippen molar-refractivity contribution in [1.82, 2.24) is 4.90 Å². The highest BCUT2D eigenvalue weighted by Gasteiger charge is 2.37. The molecule has 1 aromatic carbocycles. The molecule has 0 aromatic heterocycles. The van der Waals surface area contributed by atoms with E-state index in [-0.39, 0.29) is 18.2 Å². The maximum absolute atomic E-state index is 10.8. The number of benzene rings is 1. The van der Waals surface area contributed by atoms with Crippen LogP contribution < -0.4 is 4.74 Å². The second-order valence-corrected chi connectivity index (χ2v) is 6.92. The molecule has 2 aliphatic rings. The van der Waals surface area contributed by atoms with Gasteiger partial charge in [-0.1, -0.05) is 37.5 Å².